The van der Waals surface area contributed by atoms with Gasteiger partial charge >= 0.3 is 5.97 Å². The topological polar surface area (TPSA) is 77.0 Å². The maximum absolute atomic E-state index is 12.4. The number of esters is 1. The smallest absolute Gasteiger partial charge is 0.353 e. The highest BCUT2D eigenvalue weighted by molar-refractivity contribution is 9.10. The Hall–Kier alpha value is -2.59. The first-order valence-corrected chi connectivity index (χ1v) is 12.0. The molecule has 6 nitrogen and oxygen atoms in total. The molecule has 1 aromatic heterocycles. The van der Waals surface area contributed by atoms with Gasteiger partial charge in [-0.05, 0) is 75.0 Å². The van der Waals surface area contributed by atoms with Gasteiger partial charge in [0, 0.05) is 0 Å². The number of para-hydroxylation sites is 1. The number of amides is 1. The van der Waals surface area contributed by atoms with E-state index in [0.29, 0.717) is 41.4 Å². The minimum absolute atomic E-state index is 0.262. The van der Waals surface area contributed by atoms with Gasteiger partial charge in [-0.2, -0.15) is 0 Å². The number of ether oxygens (including phenoxy) is 2. The molecule has 1 aliphatic heterocycles. The molecule has 2 aromatic carbocycles. The van der Waals surface area contributed by atoms with Crippen LogP contribution < -0.4 is 14.8 Å². The Bertz CT molecular complexity index is 1260. The quantitative estimate of drug-likeness (QED) is 0.230. The van der Waals surface area contributed by atoms with Gasteiger partial charge in [0.1, 0.15) is 4.88 Å². The molecular formula is C22H14BrClN2O4S2. The second-order valence-corrected chi connectivity index (χ2v) is 9.57. The highest BCUT2D eigenvalue weighted by atomic mass is 79.9. The number of rotatable bonds is 5. The SMILES string of the molecule is COc1cc(/C=C2/SC(=Nc3ccccc3Cl)NC2=O)cc(Br)c1OC(=O)c1cccs1. The van der Waals surface area contributed by atoms with E-state index >= 15 is 0 Å². The summed E-state index contributed by atoms with van der Waals surface area (Å²) in [6.07, 6.45) is 1.70. The molecule has 1 aliphatic rings. The van der Waals surface area contributed by atoms with Crippen molar-refractivity contribution in [3.63, 3.8) is 0 Å². The molecule has 0 spiro atoms. The van der Waals surface area contributed by atoms with Crippen LogP contribution in [0.3, 0.4) is 0 Å². The lowest BCUT2D eigenvalue weighted by atomic mass is 10.2. The van der Waals surface area contributed by atoms with E-state index in [0.717, 1.165) is 0 Å². The molecule has 1 fully saturated rings. The monoisotopic (exact) mass is 548 g/mol. The Balaban J connectivity index is 1.58. The molecule has 0 radical (unpaired) electrons. The number of carbonyl (C=O) groups excluding carboxylic acids is 2. The van der Waals surface area contributed by atoms with Crippen LogP contribution in [0.1, 0.15) is 15.2 Å². The van der Waals surface area contributed by atoms with Gasteiger partial charge in [0.15, 0.2) is 16.7 Å². The van der Waals surface area contributed by atoms with Crippen LogP contribution in [-0.2, 0) is 4.79 Å². The third kappa shape index (κ3) is 5.07. The van der Waals surface area contributed by atoms with Gasteiger partial charge < -0.3 is 14.8 Å². The number of benzene rings is 2. The van der Waals surface area contributed by atoms with E-state index in [2.05, 4.69) is 26.2 Å². The first-order valence-electron chi connectivity index (χ1n) is 9.12. The Kier molecular flexibility index (Phi) is 7.00. The third-order valence-electron chi connectivity index (χ3n) is 4.19. The zero-order chi connectivity index (χ0) is 22.7. The number of nitrogens with one attached hydrogen (secondary N) is 1. The standard InChI is InChI=1S/C22H14BrClN2O4S2/c1-29-16-10-12(9-13(23)19(16)30-21(28)17-7-4-8-31-17)11-18-20(27)26-22(32-18)25-15-6-3-2-5-14(15)24/h2-11H,1H3,(H,25,26,27)/b18-11+. The maximum Gasteiger partial charge on any atom is 0.353 e. The first-order chi connectivity index (χ1) is 15.4. The molecule has 0 unspecified atom stereocenters. The van der Waals surface area contributed by atoms with E-state index in [4.69, 9.17) is 21.1 Å². The summed E-state index contributed by atoms with van der Waals surface area (Å²) in [7, 11) is 1.48. The number of hydrogen-bond acceptors (Lipinski definition) is 7. The highest BCUT2D eigenvalue weighted by Gasteiger charge is 2.25. The van der Waals surface area contributed by atoms with Gasteiger partial charge in [0.25, 0.3) is 5.91 Å². The van der Waals surface area contributed by atoms with Crippen LogP contribution in [0, 0.1) is 0 Å². The Morgan fingerprint density at radius 1 is 1.22 bits per heavy atom. The molecule has 2 heterocycles. The lowest BCUT2D eigenvalue weighted by Gasteiger charge is -2.12. The molecule has 3 aromatic rings. The van der Waals surface area contributed by atoms with Gasteiger partial charge in [-0.1, -0.05) is 29.8 Å². The molecule has 0 saturated carbocycles. The summed E-state index contributed by atoms with van der Waals surface area (Å²) < 4.78 is 11.4. The van der Waals surface area contributed by atoms with Gasteiger partial charge in [-0.3, -0.25) is 4.79 Å². The van der Waals surface area contributed by atoms with Crippen molar-refractivity contribution in [2.24, 2.45) is 4.99 Å². The summed E-state index contributed by atoms with van der Waals surface area (Å²) in [6, 6.07) is 14.0. The minimum Gasteiger partial charge on any atom is -0.493 e. The van der Waals surface area contributed by atoms with Crippen molar-refractivity contribution < 1.29 is 19.1 Å². The number of aliphatic imine (C=N–C) groups is 1. The van der Waals surface area contributed by atoms with Crippen LogP contribution in [0.15, 0.2) is 68.3 Å². The Morgan fingerprint density at radius 3 is 2.75 bits per heavy atom. The third-order valence-corrected chi connectivity index (χ3v) is 6.86. The summed E-state index contributed by atoms with van der Waals surface area (Å²) in [6.45, 7) is 0. The average Bonchev–Trinajstić information content (AvgIpc) is 3.42. The van der Waals surface area contributed by atoms with Crippen molar-refractivity contribution in [1.29, 1.82) is 0 Å². The molecule has 162 valence electrons. The van der Waals surface area contributed by atoms with Gasteiger partial charge in [0.2, 0.25) is 0 Å². The summed E-state index contributed by atoms with van der Waals surface area (Å²) in [5.74, 6) is -0.137. The van der Waals surface area contributed by atoms with E-state index < -0.39 is 5.97 Å². The summed E-state index contributed by atoms with van der Waals surface area (Å²) >= 11 is 12.1. The molecule has 0 aliphatic carbocycles. The molecular weight excluding hydrogens is 536 g/mol. The molecule has 10 heteroatoms. The Morgan fingerprint density at radius 2 is 2.03 bits per heavy atom. The number of carbonyl (C=O) groups is 2. The fourth-order valence-electron chi connectivity index (χ4n) is 2.74. The van der Waals surface area contributed by atoms with Crippen LogP contribution in [0.5, 0.6) is 11.5 Å². The molecule has 1 N–H and O–H groups in total. The van der Waals surface area contributed by atoms with Crippen molar-refractivity contribution in [2.45, 2.75) is 0 Å². The van der Waals surface area contributed by atoms with Crippen molar-refractivity contribution in [2.75, 3.05) is 7.11 Å². The van der Waals surface area contributed by atoms with Gasteiger partial charge in [-0.15, -0.1) is 11.3 Å². The molecule has 4 rings (SSSR count). The number of methoxy groups -OCH3 is 1. The lowest BCUT2D eigenvalue weighted by Crippen LogP contribution is -2.19. The molecule has 0 atom stereocenters. The van der Waals surface area contributed by atoms with Gasteiger partial charge in [0.05, 0.1) is 27.2 Å². The second kappa shape index (κ2) is 9.91. The van der Waals surface area contributed by atoms with Crippen LogP contribution in [-0.4, -0.2) is 24.2 Å². The second-order valence-electron chi connectivity index (χ2n) is 6.33. The van der Waals surface area contributed by atoms with E-state index in [1.54, 1.807) is 47.9 Å². The van der Waals surface area contributed by atoms with E-state index in [9.17, 15) is 9.59 Å². The summed E-state index contributed by atoms with van der Waals surface area (Å²) in [5, 5.41) is 5.46. The number of amidine groups is 1. The Labute approximate surface area is 205 Å². The fourth-order valence-corrected chi connectivity index (χ4v) is 4.90. The largest absolute Gasteiger partial charge is 0.493 e. The van der Waals surface area contributed by atoms with Gasteiger partial charge in [-0.25, -0.2) is 9.79 Å². The highest BCUT2D eigenvalue weighted by Crippen LogP contribution is 2.39. The van der Waals surface area contributed by atoms with Crippen LogP contribution >= 0.6 is 50.6 Å². The molecule has 0 bridgehead atoms. The van der Waals surface area contributed by atoms with Crippen LogP contribution in [0.25, 0.3) is 6.08 Å². The van der Waals surface area contributed by atoms with Crippen molar-refractivity contribution in [1.82, 2.24) is 5.32 Å². The summed E-state index contributed by atoms with van der Waals surface area (Å²) in [5.41, 5.74) is 1.25. The van der Waals surface area contributed by atoms with Crippen LogP contribution in [0.4, 0.5) is 5.69 Å². The minimum atomic E-state index is -0.476. The lowest BCUT2D eigenvalue weighted by molar-refractivity contribution is -0.115. The average molecular weight is 550 g/mol. The molecule has 1 amide bonds. The normalized spacial score (nSPS) is 15.8. The van der Waals surface area contributed by atoms with Crippen molar-refractivity contribution in [3.05, 3.63) is 78.8 Å². The number of thiophene rings is 1. The molecule has 32 heavy (non-hydrogen) atoms. The van der Waals surface area contributed by atoms with E-state index in [-0.39, 0.29) is 11.7 Å². The van der Waals surface area contributed by atoms with E-state index in [1.807, 2.05) is 12.1 Å². The fraction of sp³-hybridized carbons (Fsp3) is 0.0455. The first kappa shape index (κ1) is 22.6. The summed E-state index contributed by atoms with van der Waals surface area (Å²) in [4.78, 5) is 30.1. The zero-order valence-corrected chi connectivity index (χ0v) is 20.4. The number of thioether (sulfide) groups is 1. The predicted molar refractivity (Wildman–Crippen MR) is 132 cm³/mol. The van der Waals surface area contributed by atoms with E-state index in [1.165, 1.54) is 30.2 Å². The number of halogens is 2. The number of hydrogen-bond donors (Lipinski definition) is 1. The van der Waals surface area contributed by atoms with Crippen LogP contribution in [0.2, 0.25) is 5.02 Å². The maximum atomic E-state index is 12.4. The predicted octanol–water partition coefficient (Wildman–Crippen LogP) is 6.28. The number of nitrogens with zero attached hydrogens (tertiary/aromatic N) is 1. The molecule has 1 saturated heterocycles. The zero-order valence-electron chi connectivity index (χ0n) is 16.4. The van der Waals surface area contributed by atoms with Crippen molar-refractivity contribution in [3.8, 4) is 11.5 Å². The van der Waals surface area contributed by atoms with Crippen molar-refractivity contribution >= 4 is 79.4 Å².